The van der Waals surface area contributed by atoms with Crippen molar-refractivity contribution in [2.75, 3.05) is 31.7 Å². The number of nitro groups is 1. The Labute approximate surface area is 229 Å². The molecule has 0 saturated carbocycles. The van der Waals surface area contributed by atoms with E-state index in [4.69, 9.17) is 14.2 Å². The third kappa shape index (κ3) is 6.52. The summed E-state index contributed by atoms with van der Waals surface area (Å²) < 4.78 is 43.2. The molecule has 0 saturated heterocycles. The predicted molar refractivity (Wildman–Crippen MR) is 125 cm³/mol. The first-order valence-corrected chi connectivity index (χ1v) is 12.1. The fraction of sp³-hybridized carbons (Fsp3) is 0.238. The van der Waals surface area contributed by atoms with Crippen molar-refractivity contribution in [3.05, 3.63) is 58.0 Å². The molecule has 0 fully saturated rings. The van der Waals surface area contributed by atoms with Gasteiger partial charge in [0.1, 0.15) is 6.54 Å². The number of thiazole rings is 1. The number of aromatic nitrogens is 1. The van der Waals surface area contributed by atoms with Crippen molar-refractivity contribution in [2.24, 2.45) is 0 Å². The second kappa shape index (κ2) is 12.3. The zero-order chi connectivity index (χ0) is 24.9. The van der Waals surface area contributed by atoms with Gasteiger partial charge in [-0.15, -0.1) is 11.3 Å². The number of nitrogens with zero attached hydrogens (tertiary/aromatic N) is 3. The molecule has 0 N–H and O–H groups in total. The summed E-state index contributed by atoms with van der Waals surface area (Å²) in [6.45, 7) is 1.06. The third-order valence-corrected chi connectivity index (χ3v) is 7.29. The molecule has 0 aliphatic carbocycles. The average Bonchev–Trinajstić information content (AvgIpc) is 3.32. The largest absolute Gasteiger partial charge is 0.493 e. The molecule has 0 spiro atoms. The van der Waals surface area contributed by atoms with Crippen LogP contribution in [0.4, 0.5) is 10.8 Å². The van der Waals surface area contributed by atoms with E-state index in [0.717, 1.165) is 15.6 Å². The fourth-order valence-corrected chi connectivity index (χ4v) is 5.41. The number of benzene rings is 2. The summed E-state index contributed by atoms with van der Waals surface area (Å²) in [4.78, 5) is 27.0. The van der Waals surface area contributed by atoms with Crippen molar-refractivity contribution >= 4 is 38.1 Å². The van der Waals surface area contributed by atoms with Gasteiger partial charge in [-0.2, -0.15) is 0 Å². The van der Waals surface area contributed by atoms with E-state index in [0.29, 0.717) is 17.0 Å². The van der Waals surface area contributed by atoms with Crippen molar-refractivity contribution in [1.29, 1.82) is 0 Å². The minimum Gasteiger partial charge on any atom is -0.493 e. The molecule has 0 bridgehead atoms. The number of ether oxygens (including phenoxy) is 3. The fourth-order valence-electron chi connectivity index (χ4n) is 2.97. The Morgan fingerprint density at radius 2 is 1.86 bits per heavy atom. The molecule has 0 aliphatic rings. The van der Waals surface area contributed by atoms with Gasteiger partial charge >= 0.3 is 5.97 Å². The number of sulfonamides is 1. The number of carbonyl (C=O) groups excluding carboxylic acids is 1. The van der Waals surface area contributed by atoms with Crippen LogP contribution in [0.5, 0.6) is 11.5 Å². The maximum absolute atomic E-state index is 13.5. The molecule has 0 radical (unpaired) electrons. The Kier molecular flexibility index (Phi) is 10.1. The van der Waals surface area contributed by atoms with Gasteiger partial charge in [-0.05, 0) is 19.1 Å². The van der Waals surface area contributed by atoms with Gasteiger partial charge in [0, 0.05) is 60.3 Å². The van der Waals surface area contributed by atoms with E-state index >= 15 is 0 Å². The molecule has 35 heavy (non-hydrogen) atoms. The predicted octanol–water partition coefficient (Wildman–Crippen LogP) is 3.49. The normalized spacial score (nSPS) is 10.7. The molecular weight excluding hydrogens is 724 g/mol. The van der Waals surface area contributed by atoms with E-state index in [2.05, 4.69) is 4.98 Å². The summed E-state index contributed by atoms with van der Waals surface area (Å²) >= 11 is 0.968. The van der Waals surface area contributed by atoms with E-state index < -0.39 is 27.5 Å². The molecule has 11 nitrogen and oxygen atoms in total. The molecule has 1 heterocycles. The van der Waals surface area contributed by atoms with Gasteiger partial charge in [-0.3, -0.25) is 14.9 Å². The Bertz CT molecular complexity index is 1310. The number of carbonyl (C=O) groups is 1. The zero-order valence-electron chi connectivity index (χ0n) is 19.0. The molecule has 0 amide bonds. The van der Waals surface area contributed by atoms with E-state index in [1.165, 1.54) is 50.6 Å². The van der Waals surface area contributed by atoms with Crippen molar-refractivity contribution in [1.82, 2.24) is 4.98 Å². The SMILES string of the molecule is CCOC(=O)CN(c1nc(-c2cccc([N+](=O)[O-])c2)cs1)S(=O)(=O)c1ccc(OC)c(OC)c1.[U]. The second-order valence-corrected chi connectivity index (χ2v) is 9.36. The average molecular weight is 746 g/mol. The van der Waals surface area contributed by atoms with E-state index in [9.17, 15) is 23.3 Å². The smallest absolute Gasteiger partial charge is 0.326 e. The zero-order valence-corrected chi connectivity index (χ0v) is 24.8. The first kappa shape index (κ1) is 28.6. The van der Waals surface area contributed by atoms with Crippen LogP contribution >= 0.6 is 11.3 Å². The summed E-state index contributed by atoms with van der Waals surface area (Å²) in [6.07, 6.45) is 0. The molecule has 184 valence electrons. The standard InChI is InChI=1S/C21H21N3O8S2.U/c1-4-32-20(25)12-23(34(28,29)16-8-9-18(30-2)19(11-16)31-3)21-22-17(13-33-21)14-6-5-7-15(10-14)24(26)27;/h5-11,13H,4,12H2,1-3H3;. The summed E-state index contributed by atoms with van der Waals surface area (Å²) in [5.41, 5.74) is 0.616. The van der Waals surface area contributed by atoms with Crippen LogP contribution in [0.2, 0.25) is 0 Å². The van der Waals surface area contributed by atoms with Crippen molar-refractivity contribution in [3.63, 3.8) is 0 Å². The molecule has 1 aromatic heterocycles. The van der Waals surface area contributed by atoms with Crippen LogP contribution in [-0.4, -0.2) is 51.7 Å². The van der Waals surface area contributed by atoms with Gasteiger partial charge in [-0.25, -0.2) is 17.7 Å². The number of nitro benzene ring substituents is 1. The van der Waals surface area contributed by atoms with Gasteiger partial charge in [0.15, 0.2) is 11.5 Å². The van der Waals surface area contributed by atoms with Crippen LogP contribution in [0.15, 0.2) is 52.7 Å². The third-order valence-electron chi connectivity index (χ3n) is 4.58. The number of non-ortho nitro benzene ring substituents is 1. The summed E-state index contributed by atoms with van der Waals surface area (Å²) in [7, 11) is -1.49. The summed E-state index contributed by atoms with van der Waals surface area (Å²) in [5, 5.41) is 12.6. The summed E-state index contributed by atoms with van der Waals surface area (Å²) in [5.74, 6) is -0.240. The van der Waals surface area contributed by atoms with Crippen LogP contribution in [0.3, 0.4) is 0 Å². The summed E-state index contributed by atoms with van der Waals surface area (Å²) in [6, 6.07) is 9.83. The maximum atomic E-state index is 13.5. The monoisotopic (exact) mass is 745 g/mol. The van der Waals surface area contributed by atoms with E-state index in [-0.39, 0.29) is 59.2 Å². The van der Waals surface area contributed by atoms with Crippen LogP contribution in [0.1, 0.15) is 6.92 Å². The number of hydrogen-bond donors (Lipinski definition) is 0. The molecular formula is C21H21N3O8S2U. The Hall–Kier alpha value is -2.66. The van der Waals surface area contributed by atoms with Crippen molar-refractivity contribution in [2.45, 2.75) is 11.8 Å². The van der Waals surface area contributed by atoms with Gasteiger partial charge in [-0.1, -0.05) is 12.1 Å². The van der Waals surface area contributed by atoms with Gasteiger partial charge in [0.25, 0.3) is 15.7 Å². The van der Waals surface area contributed by atoms with E-state index in [1.54, 1.807) is 18.4 Å². The molecule has 3 rings (SSSR count). The second-order valence-electron chi connectivity index (χ2n) is 6.66. The van der Waals surface area contributed by atoms with E-state index in [1.807, 2.05) is 0 Å². The van der Waals surface area contributed by atoms with Crippen LogP contribution in [0, 0.1) is 41.2 Å². The maximum Gasteiger partial charge on any atom is 0.326 e. The number of hydrogen-bond acceptors (Lipinski definition) is 10. The van der Waals surface area contributed by atoms with Crippen molar-refractivity contribution < 1.29 is 63.5 Å². The Morgan fingerprint density at radius 3 is 2.49 bits per heavy atom. The number of anilines is 1. The minimum atomic E-state index is -4.28. The number of methoxy groups -OCH3 is 2. The molecule has 3 aromatic rings. The van der Waals surface area contributed by atoms with Gasteiger partial charge in [0.2, 0.25) is 5.13 Å². The first-order valence-electron chi connectivity index (χ1n) is 9.82. The van der Waals surface area contributed by atoms with Crippen LogP contribution in [0.25, 0.3) is 11.3 Å². The quantitative estimate of drug-likeness (QED) is 0.174. The molecule has 0 atom stereocenters. The molecule has 0 unspecified atom stereocenters. The van der Waals surface area contributed by atoms with Crippen LogP contribution in [-0.2, 0) is 19.6 Å². The van der Waals surface area contributed by atoms with Crippen molar-refractivity contribution in [3.8, 4) is 22.8 Å². The van der Waals surface area contributed by atoms with Crippen LogP contribution < -0.4 is 13.8 Å². The molecule has 14 heteroatoms. The number of esters is 1. The van der Waals surface area contributed by atoms with Gasteiger partial charge < -0.3 is 14.2 Å². The topological polar surface area (TPSA) is 138 Å². The minimum absolute atomic E-state index is 0. The van der Waals surface area contributed by atoms with Gasteiger partial charge in [0.05, 0.1) is 36.3 Å². The number of rotatable bonds is 10. The first-order chi connectivity index (χ1) is 16.2. The Morgan fingerprint density at radius 1 is 1.14 bits per heavy atom. The molecule has 0 aliphatic heterocycles. The Balaban J connectivity index is 0.00000432. The molecule has 2 aromatic carbocycles.